The number of hydrogen-bond donors (Lipinski definition) is 0. The second-order valence-corrected chi connectivity index (χ2v) is 7.72. The zero-order chi connectivity index (χ0) is 21.0. The van der Waals surface area contributed by atoms with Gasteiger partial charge in [-0.1, -0.05) is 41.4 Å². The molecule has 2 heterocycles. The summed E-state index contributed by atoms with van der Waals surface area (Å²) in [5, 5.41) is 0.577. The molecule has 1 unspecified atom stereocenters. The Labute approximate surface area is 176 Å². The Hall–Kier alpha value is -3.44. The maximum absolute atomic E-state index is 13.8. The maximum Gasteiger partial charge on any atom is 0.295 e. The van der Waals surface area contributed by atoms with Gasteiger partial charge in [0.1, 0.15) is 11.4 Å². The van der Waals surface area contributed by atoms with Crippen LogP contribution in [0.25, 0.3) is 11.0 Å². The van der Waals surface area contributed by atoms with Crippen molar-refractivity contribution in [2.45, 2.75) is 13.0 Å². The van der Waals surface area contributed by atoms with Crippen molar-refractivity contribution in [1.82, 2.24) is 0 Å². The third kappa shape index (κ3) is 2.82. The van der Waals surface area contributed by atoms with Gasteiger partial charge in [0.25, 0.3) is 5.91 Å². The lowest BCUT2D eigenvalue weighted by Crippen LogP contribution is -2.29. The van der Waals surface area contributed by atoms with Gasteiger partial charge in [-0.05, 0) is 55.0 Å². The van der Waals surface area contributed by atoms with Crippen LogP contribution in [0.15, 0.2) is 75.9 Å². The van der Waals surface area contributed by atoms with E-state index in [-0.39, 0.29) is 22.3 Å². The highest BCUT2D eigenvalue weighted by molar-refractivity contribution is 6.30. The van der Waals surface area contributed by atoms with Crippen molar-refractivity contribution in [1.29, 1.82) is 0 Å². The van der Waals surface area contributed by atoms with E-state index in [1.165, 1.54) is 17.0 Å². The van der Waals surface area contributed by atoms with Crippen LogP contribution < -0.4 is 10.3 Å². The van der Waals surface area contributed by atoms with E-state index in [2.05, 4.69) is 0 Å². The highest BCUT2D eigenvalue weighted by atomic mass is 35.5. The van der Waals surface area contributed by atoms with Crippen LogP contribution in [0.4, 0.5) is 10.1 Å². The van der Waals surface area contributed by atoms with Gasteiger partial charge in [-0.25, -0.2) is 4.39 Å². The number of carbonyl (C=O) groups excluding carboxylic acids is 1. The second-order valence-electron chi connectivity index (χ2n) is 7.28. The Kier molecular flexibility index (Phi) is 4.22. The largest absolute Gasteiger partial charge is 0.450 e. The van der Waals surface area contributed by atoms with Crippen molar-refractivity contribution in [2.75, 3.05) is 4.90 Å². The fourth-order valence-corrected chi connectivity index (χ4v) is 4.11. The minimum Gasteiger partial charge on any atom is -0.450 e. The number of hydrogen-bond acceptors (Lipinski definition) is 3. The second kappa shape index (κ2) is 6.82. The molecule has 1 aromatic heterocycles. The minimum absolute atomic E-state index is 0.0374. The van der Waals surface area contributed by atoms with Gasteiger partial charge in [-0.3, -0.25) is 14.5 Å². The Balaban J connectivity index is 1.83. The number of benzene rings is 3. The molecule has 4 nitrogen and oxygen atoms in total. The van der Waals surface area contributed by atoms with Gasteiger partial charge in [0.15, 0.2) is 5.43 Å². The van der Waals surface area contributed by atoms with E-state index in [9.17, 15) is 14.0 Å². The Morgan fingerprint density at radius 3 is 2.50 bits per heavy atom. The summed E-state index contributed by atoms with van der Waals surface area (Å²) in [5.74, 6) is -1.01. The van der Waals surface area contributed by atoms with Crippen molar-refractivity contribution >= 4 is 34.2 Å². The first-order valence-electron chi connectivity index (χ1n) is 9.36. The molecule has 0 N–H and O–H groups in total. The Bertz CT molecular complexity index is 1380. The normalized spacial score (nSPS) is 15.6. The predicted octanol–water partition coefficient (Wildman–Crippen LogP) is 5.64. The van der Waals surface area contributed by atoms with Crippen molar-refractivity contribution < 1.29 is 13.6 Å². The SMILES string of the molecule is Cc1ccc(N2C(=O)c3oc4ccc(F)cc4c(=O)c3C2c2cccc(Cl)c2)cc1. The Morgan fingerprint density at radius 2 is 1.77 bits per heavy atom. The van der Waals surface area contributed by atoms with Gasteiger partial charge >= 0.3 is 0 Å². The molecule has 0 radical (unpaired) electrons. The summed E-state index contributed by atoms with van der Waals surface area (Å²) in [7, 11) is 0. The molecular weight excluding hydrogens is 405 g/mol. The number of halogens is 2. The fourth-order valence-electron chi connectivity index (χ4n) is 3.91. The summed E-state index contributed by atoms with van der Waals surface area (Å²) in [6, 6.07) is 17.4. The van der Waals surface area contributed by atoms with Gasteiger partial charge in [-0.15, -0.1) is 0 Å². The number of aryl methyl sites for hydroxylation is 1. The third-order valence-corrected chi connectivity index (χ3v) is 5.54. The van der Waals surface area contributed by atoms with E-state index in [4.69, 9.17) is 16.0 Å². The van der Waals surface area contributed by atoms with E-state index < -0.39 is 23.2 Å². The maximum atomic E-state index is 13.8. The molecule has 1 aliphatic rings. The number of carbonyl (C=O) groups is 1. The van der Waals surface area contributed by atoms with Gasteiger partial charge < -0.3 is 4.42 Å². The van der Waals surface area contributed by atoms with Crippen LogP contribution >= 0.6 is 11.6 Å². The van der Waals surface area contributed by atoms with Crippen LogP contribution in [-0.2, 0) is 0 Å². The zero-order valence-corrected chi connectivity index (χ0v) is 16.6. The van der Waals surface area contributed by atoms with Crippen LogP contribution in [0, 0.1) is 12.7 Å². The molecule has 0 fully saturated rings. The van der Waals surface area contributed by atoms with E-state index in [1.807, 2.05) is 31.2 Å². The molecule has 30 heavy (non-hydrogen) atoms. The fraction of sp³-hybridized carbons (Fsp3) is 0.0833. The molecule has 0 spiro atoms. The number of fused-ring (bicyclic) bond motifs is 2. The van der Waals surface area contributed by atoms with Crippen LogP contribution in [-0.4, -0.2) is 5.91 Å². The molecule has 6 heteroatoms. The molecule has 0 aliphatic carbocycles. The summed E-state index contributed by atoms with van der Waals surface area (Å²) in [5.41, 5.74) is 2.25. The zero-order valence-electron chi connectivity index (χ0n) is 15.9. The molecule has 3 aromatic carbocycles. The topological polar surface area (TPSA) is 50.5 Å². The van der Waals surface area contributed by atoms with Gasteiger partial charge in [0.2, 0.25) is 5.76 Å². The molecule has 4 aromatic rings. The molecule has 148 valence electrons. The third-order valence-electron chi connectivity index (χ3n) is 5.31. The molecule has 0 saturated heterocycles. The lowest BCUT2D eigenvalue weighted by molar-refractivity contribution is 0.0971. The highest BCUT2D eigenvalue weighted by Gasteiger charge is 2.43. The average molecular weight is 420 g/mol. The molecule has 1 aliphatic heterocycles. The van der Waals surface area contributed by atoms with Crippen LogP contribution in [0.5, 0.6) is 0 Å². The molecule has 0 bridgehead atoms. The van der Waals surface area contributed by atoms with Gasteiger partial charge in [-0.2, -0.15) is 0 Å². The summed E-state index contributed by atoms with van der Waals surface area (Å²) in [4.78, 5) is 28.3. The standard InChI is InChI=1S/C24H15ClFNO3/c1-13-5-8-17(9-6-13)27-21(14-3-2-4-15(25)11-14)20-22(28)18-12-16(26)7-10-19(18)30-23(20)24(27)29/h2-12,21H,1H3. The van der Waals surface area contributed by atoms with E-state index in [1.54, 1.807) is 24.3 Å². The lowest BCUT2D eigenvalue weighted by atomic mass is 9.98. The molecule has 1 atom stereocenters. The highest BCUT2D eigenvalue weighted by Crippen LogP contribution is 2.41. The monoisotopic (exact) mass is 419 g/mol. The first-order chi connectivity index (χ1) is 14.4. The summed E-state index contributed by atoms with van der Waals surface area (Å²) in [6.07, 6.45) is 0. The Morgan fingerprint density at radius 1 is 1.00 bits per heavy atom. The van der Waals surface area contributed by atoms with Crippen molar-refractivity contribution in [3.05, 3.63) is 110 Å². The first kappa shape index (κ1) is 18.6. The van der Waals surface area contributed by atoms with Gasteiger partial charge in [0, 0.05) is 10.7 Å². The minimum atomic E-state index is -0.738. The van der Waals surface area contributed by atoms with Crippen LogP contribution in [0.2, 0.25) is 5.02 Å². The molecule has 5 rings (SSSR count). The lowest BCUT2D eigenvalue weighted by Gasteiger charge is -2.25. The quantitative estimate of drug-likeness (QED) is 0.422. The van der Waals surface area contributed by atoms with Gasteiger partial charge in [0.05, 0.1) is 17.0 Å². The van der Waals surface area contributed by atoms with Crippen molar-refractivity contribution in [3.63, 3.8) is 0 Å². The number of nitrogens with zero attached hydrogens (tertiary/aromatic N) is 1. The van der Waals surface area contributed by atoms with E-state index in [0.717, 1.165) is 11.6 Å². The summed E-state index contributed by atoms with van der Waals surface area (Å²) >= 11 is 6.20. The molecule has 0 saturated carbocycles. The van der Waals surface area contributed by atoms with Crippen LogP contribution in [0.3, 0.4) is 0 Å². The van der Waals surface area contributed by atoms with E-state index >= 15 is 0 Å². The summed E-state index contributed by atoms with van der Waals surface area (Å²) < 4.78 is 19.6. The predicted molar refractivity (Wildman–Crippen MR) is 114 cm³/mol. The number of anilines is 1. The summed E-state index contributed by atoms with van der Waals surface area (Å²) in [6.45, 7) is 1.95. The number of amides is 1. The molecular formula is C24H15ClFNO3. The molecule has 1 amide bonds. The van der Waals surface area contributed by atoms with Crippen molar-refractivity contribution in [3.8, 4) is 0 Å². The van der Waals surface area contributed by atoms with Crippen molar-refractivity contribution in [2.24, 2.45) is 0 Å². The van der Waals surface area contributed by atoms with Crippen LogP contribution in [0.1, 0.15) is 33.3 Å². The smallest absolute Gasteiger partial charge is 0.295 e. The van der Waals surface area contributed by atoms with E-state index in [0.29, 0.717) is 16.3 Å². The average Bonchev–Trinajstić information content (AvgIpc) is 3.02. The first-order valence-corrected chi connectivity index (χ1v) is 9.74. The number of rotatable bonds is 2.